The first-order chi connectivity index (χ1) is 16.8. The lowest BCUT2D eigenvalue weighted by atomic mass is 9.79. The van der Waals surface area contributed by atoms with Crippen LogP contribution in [0.25, 0.3) is 0 Å². The highest BCUT2D eigenvalue weighted by molar-refractivity contribution is 6.14. The first kappa shape index (κ1) is 25.2. The maximum absolute atomic E-state index is 13.2. The topological polar surface area (TPSA) is 108 Å². The summed E-state index contributed by atoms with van der Waals surface area (Å²) in [5.74, 6) is -4.81. The van der Waals surface area contributed by atoms with E-state index in [1.165, 1.54) is 4.90 Å². The first-order valence-electron chi connectivity index (χ1n) is 10.5. The molecule has 0 amide bonds. The molecule has 0 N–H and O–H groups in total. The fourth-order valence-corrected chi connectivity index (χ4v) is 3.95. The number of benzene rings is 2. The van der Waals surface area contributed by atoms with Gasteiger partial charge in [0.05, 0.1) is 45.5 Å². The Morgan fingerprint density at radius 3 is 1.46 bits per heavy atom. The summed E-state index contributed by atoms with van der Waals surface area (Å²) in [7, 11) is 4.60. The van der Waals surface area contributed by atoms with Crippen LogP contribution in [0.3, 0.4) is 0 Å². The van der Waals surface area contributed by atoms with Crippen LogP contribution in [0.2, 0.25) is 0 Å². The lowest BCUT2D eigenvalue weighted by Gasteiger charge is -2.37. The summed E-state index contributed by atoms with van der Waals surface area (Å²) in [5, 5.41) is 0. The van der Waals surface area contributed by atoms with Crippen molar-refractivity contribution < 1.29 is 38.1 Å². The highest BCUT2D eigenvalue weighted by atomic mass is 16.5. The number of rotatable bonds is 6. The molecular weight excluding hydrogens is 454 g/mol. The molecular formula is C26H25NO8. The Morgan fingerprint density at radius 2 is 1.06 bits per heavy atom. The van der Waals surface area contributed by atoms with Gasteiger partial charge in [0.25, 0.3) is 0 Å². The SMILES string of the molecule is COC(=O)C1=C(C(=O)OC)N(c2ccc(C)cc2)C(C(=O)OC)=C(C(=O)OC)C1c1ccccc1. The molecule has 0 bridgehead atoms. The molecule has 2 aromatic rings. The number of esters is 4. The van der Waals surface area contributed by atoms with Gasteiger partial charge in [0.2, 0.25) is 0 Å². The molecule has 0 aliphatic carbocycles. The van der Waals surface area contributed by atoms with Gasteiger partial charge in [0.1, 0.15) is 11.4 Å². The maximum Gasteiger partial charge on any atom is 0.355 e. The average Bonchev–Trinajstić information content (AvgIpc) is 2.90. The monoisotopic (exact) mass is 479 g/mol. The van der Waals surface area contributed by atoms with Gasteiger partial charge in [-0.05, 0) is 24.6 Å². The van der Waals surface area contributed by atoms with Crippen molar-refractivity contribution in [2.24, 2.45) is 0 Å². The number of nitrogens with zero attached hydrogens (tertiary/aromatic N) is 1. The molecule has 9 heteroatoms. The summed E-state index contributed by atoms with van der Waals surface area (Å²) in [6.45, 7) is 1.86. The number of ether oxygens (including phenoxy) is 4. The third-order valence-electron chi connectivity index (χ3n) is 5.53. The van der Waals surface area contributed by atoms with E-state index in [1.807, 2.05) is 6.92 Å². The number of carbonyl (C=O) groups is 4. The minimum Gasteiger partial charge on any atom is -0.466 e. The molecule has 0 radical (unpaired) electrons. The lowest BCUT2D eigenvalue weighted by molar-refractivity contribution is -0.141. The first-order valence-corrected chi connectivity index (χ1v) is 10.5. The van der Waals surface area contributed by atoms with Crippen LogP contribution in [-0.2, 0) is 38.1 Å². The van der Waals surface area contributed by atoms with Crippen molar-refractivity contribution in [2.75, 3.05) is 33.3 Å². The Kier molecular flexibility index (Phi) is 7.70. The van der Waals surface area contributed by atoms with Gasteiger partial charge in [-0.1, -0.05) is 48.0 Å². The number of anilines is 1. The minimum atomic E-state index is -1.19. The molecule has 9 nitrogen and oxygen atoms in total. The highest BCUT2D eigenvalue weighted by Crippen LogP contribution is 2.45. The molecule has 35 heavy (non-hydrogen) atoms. The second kappa shape index (κ2) is 10.7. The van der Waals surface area contributed by atoms with E-state index in [0.717, 1.165) is 34.0 Å². The maximum atomic E-state index is 13.2. The smallest absolute Gasteiger partial charge is 0.355 e. The van der Waals surface area contributed by atoms with Crippen molar-refractivity contribution in [2.45, 2.75) is 12.8 Å². The van der Waals surface area contributed by atoms with Crippen molar-refractivity contribution in [3.8, 4) is 0 Å². The summed E-state index contributed by atoms with van der Waals surface area (Å²) < 4.78 is 20.1. The predicted molar refractivity (Wildman–Crippen MR) is 125 cm³/mol. The van der Waals surface area contributed by atoms with E-state index in [9.17, 15) is 19.2 Å². The van der Waals surface area contributed by atoms with Crippen LogP contribution in [0.4, 0.5) is 5.69 Å². The van der Waals surface area contributed by atoms with Gasteiger partial charge in [0.15, 0.2) is 0 Å². The Bertz CT molecular complexity index is 1160. The van der Waals surface area contributed by atoms with Gasteiger partial charge in [-0.25, -0.2) is 19.2 Å². The van der Waals surface area contributed by atoms with Crippen molar-refractivity contribution in [1.29, 1.82) is 0 Å². The minimum absolute atomic E-state index is 0.195. The third kappa shape index (κ3) is 4.65. The molecule has 0 aromatic heterocycles. The van der Waals surface area contributed by atoms with E-state index in [0.29, 0.717) is 11.3 Å². The van der Waals surface area contributed by atoms with E-state index in [1.54, 1.807) is 54.6 Å². The molecule has 3 rings (SSSR count). The van der Waals surface area contributed by atoms with Crippen LogP contribution in [0.15, 0.2) is 77.1 Å². The highest BCUT2D eigenvalue weighted by Gasteiger charge is 2.48. The van der Waals surface area contributed by atoms with Crippen LogP contribution in [-0.4, -0.2) is 52.3 Å². The molecule has 1 heterocycles. The fraction of sp³-hybridized carbons (Fsp3) is 0.231. The molecule has 1 aliphatic rings. The van der Waals surface area contributed by atoms with Crippen molar-refractivity contribution in [1.82, 2.24) is 0 Å². The molecule has 0 fully saturated rings. The van der Waals surface area contributed by atoms with Gasteiger partial charge in [-0.2, -0.15) is 0 Å². The number of carbonyl (C=O) groups excluding carboxylic acids is 4. The average molecular weight is 479 g/mol. The molecule has 0 spiro atoms. The molecule has 1 aliphatic heterocycles. The van der Waals surface area contributed by atoms with Crippen molar-refractivity contribution >= 4 is 29.6 Å². The molecule has 0 unspecified atom stereocenters. The molecule has 2 aromatic carbocycles. The van der Waals surface area contributed by atoms with Crippen LogP contribution in [0.1, 0.15) is 17.0 Å². The number of hydrogen-bond acceptors (Lipinski definition) is 9. The van der Waals surface area contributed by atoms with Gasteiger partial charge < -0.3 is 18.9 Å². The second-order valence-corrected chi connectivity index (χ2v) is 7.51. The van der Waals surface area contributed by atoms with Crippen LogP contribution in [0.5, 0.6) is 0 Å². The van der Waals surface area contributed by atoms with Crippen LogP contribution < -0.4 is 4.90 Å². The number of methoxy groups -OCH3 is 4. The largest absolute Gasteiger partial charge is 0.466 e. The molecule has 0 atom stereocenters. The van der Waals surface area contributed by atoms with Crippen LogP contribution in [0, 0.1) is 6.92 Å². The fourth-order valence-electron chi connectivity index (χ4n) is 3.95. The zero-order chi connectivity index (χ0) is 25.7. The van der Waals surface area contributed by atoms with E-state index >= 15 is 0 Å². The molecule has 0 saturated heterocycles. The Hall–Kier alpha value is -4.40. The zero-order valence-corrected chi connectivity index (χ0v) is 20.0. The summed E-state index contributed by atoms with van der Waals surface area (Å²) >= 11 is 0. The Balaban J connectivity index is 2.56. The van der Waals surface area contributed by atoms with E-state index in [-0.39, 0.29) is 22.5 Å². The van der Waals surface area contributed by atoms with Gasteiger partial charge >= 0.3 is 23.9 Å². The van der Waals surface area contributed by atoms with Crippen molar-refractivity contribution in [3.05, 3.63) is 88.3 Å². The molecule has 0 saturated carbocycles. The molecule has 182 valence electrons. The standard InChI is InChI=1S/C26H25NO8/c1-15-11-13-17(14-12-15)27-21(25(30)34-4)19(23(28)32-2)18(16-9-7-6-8-10-16)20(24(29)33-3)22(27)26(31)35-5/h6-14,18H,1-5H3. The van der Waals surface area contributed by atoms with Gasteiger partial charge in [-0.15, -0.1) is 0 Å². The van der Waals surface area contributed by atoms with Gasteiger partial charge in [0, 0.05) is 5.69 Å². The second-order valence-electron chi connectivity index (χ2n) is 7.51. The summed E-state index contributed by atoms with van der Waals surface area (Å²) in [4.78, 5) is 54.0. The number of aryl methyl sites for hydroxylation is 1. The van der Waals surface area contributed by atoms with E-state index in [2.05, 4.69) is 0 Å². The lowest BCUT2D eigenvalue weighted by Crippen LogP contribution is -2.42. The number of hydrogen-bond donors (Lipinski definition) is 0. The Morgan fingerprint density at radius 1 is 0.629 bits per heavy atom. The van der Waals surface area contributed by atoms with E-state index in [4.69, 9.17) is 18.9 Å². The van der Waals surface area contributed by atoms with Crippen molar-refractivity contribution in [3.63, 3.8) is 0 Å². The van der Waals surface area contributed by atoms with E-state index < -0.39 is 29.8 Å². The quantitative estimate of drug-likeness (QED) is 0.456. The zero-order valence-electron chi connectivity index (χ0n) is 20.0. The third-order valence-corrected chi connectivity index (χ3v) is 5.53. The summed E-state index contributed by atoms with van der Waals surface area (Å²) in [6, 6.07) is 15.2. The van der Waals surface area contributed by atoms with Crippen LogP contribution >= 0.6 is 0 Å². The normalized spacial score (nSPS) is 13.9. The Labute approximate surface area is 202 Å². The predicted octanol–water partition coefficient (Wildman–Crippen LogP) is 2.80. The van der Waals surface area contributed by atoms with Gasteiger partial charge in [-0.3, -0.25) is 4.90 Å². The summed E-state index contributed by atoms with van der Waals surface area (Å²) in [5.41, 5.74) is 0.695. The summed E-state index contributed by atoms with van der Waals surface area (Å²) in [6.07, 6.45) is 0.